The molecule has 1 aromatic rings. The Balaban J connectivity index is 1.61. The molecule has 1 aromatic carbocycles. The Morgan fingerprint density at radius 1 is 1.11 bits per heavy atom. The van der Waals surface area contributed by atoms with Crippen molar-refractivity contribution < 1.29 is 23.8 Å². The molecule has 7 heteroatoms. The lowest BCUT2D eigenvalue weighted by molar-refractivity contribution is -0.146. The molecule has 28 heavy (non-hydrogen) atoms. The molecule has 1 saturated heterocycles. The van der Waals surface area contributed by atoms with Crippen LogP contribution in [0.25, 0.3) is 0 Å². The number of methoxy groups -OCH3 is 3. The maximum atomic E-state index is 12.6. The molecular formula is C21H30N2O5. The molecule has 0 bridgehead atoms. The van der Waals surface area contributed by atoms with Gasteiger partial charge in [0, 0.05) is 12.6 Å². The first-order valence-corrected chi connectivity index (χ1v) is 9.88. The van der Waals surface area contributed by atoms with Crippen molar-refractivity contribution >= 4 is 11.9 Å². The molecule has 3 rings (SSSR count). The van der Waals surface area contributed by atoms with Gasteiger partial charge in [-0.25, -0.2) is 0 Å². The van der Waals surface area contributed by atoms with Crippen LogP contribution in [0.2, 0.25) is 0 Å². The van der Waals surface area contributed by atoms with Crippen LogP contribution in [0.1, 0.15) is 37.7 Å². The minimum Gasteiger partial charge on any atom is -0.493 e. The molecule has 1 aliphatic heterocycles. The van der Waals surface area contributed by atoms with Crippen LogP contribution in [0.3, 0.4) is 0 Å². The number of carbonyl (C=O) groups excluding carboxylic acids is 2. The van der Waals surface area contributed by atoms with E-state index in [1.165, 1.54) is 13.5 Å². The molecule has 0 unspecified atom stereocenters. The molecular weight excluding hydrogens is 360 g/mol. The van der Waals surface area contributed by atoms with Crippen molar-refractivity contribution in [3.63, 3.8) is 0 Å². The standard InChI is InChI=1S/C21H30N2O5/c1-26-18-9-8-14(10-19(18)27-2)12-22-20(24)13-23-16-7-5-4-6-15(16)11-17(23)21(25)28-3/h8-10,15-17H,4-7,11-13H2,1-3H3,(H,22,24)/t15-,16+,17-/m1/s1. The van der Waals surface area contributed by atoms with Gasteiger partial charge in [0.25, 0.3) is 0 Å². The van der Waals surface area contributed by atoms with Crippen LogP contribution in [0.15, 0.2) is 18.2 Å². The summed E-state index contributed by atoms with van der Waals surface area (Å²) in [7, 11) is 4.59. The topological polar surface area (TPSA) is 77.1 Å². The first-order valence-electron chi connectivity index (χ1n) is 9.88. The normalized spacial score (nSPS) is 24.3. The first kappa shape index (κ1) is 20.5. The van der Waals surface area contributed by atoms with Gasteiger partial charge in [-0.3, -0.25) is 14.5 Å². The Kier molecular flexibility index (Phi) is 6.78. The fourth-order valence-corrected chi connectivity index (χ4v) is 4.56. The van der Waals surface area contributed by atoms with Crippen LogP contribution in [0, 0.1) is 5.92 Å². The van der Waals surface area contributed by atoms with Gasteiger partial charge in [0.15, 0.2) is 11.5 Å². The van der Waals surface area contributed by atoms with Crippen molar-refractivity contribution in [2.75, 3.05) is 27.9 Å². The van der Waals surface area contributed by atoms with Crippen molar-refractivity contribution in [1.82, 2.24) is 10.2 Å². The highest BCUT2D eigenvalue weighted by atomic mass is 16.5. The number of benzene rings is 1. The van der Waals surface area contributed by atoms with Gasteiger partial charge in [0.05, 0.1) is 27.9 Å². The zero-order valence-electron chi connectivity index (χ0n) is 16.9. The largest absolute Gasteiger partial charge is 0.493 e. The summed E-state index contributed by atoms with van der Waals surface area (Å²) >= 11 is 0. The summed E-state index contributed by atoms with van der Waals surface area (Å²) in [6.07, 6.45) is 5.32. The number of hydrogen-bond acceptors (Lipinski definition) is 6. The van der Waals surface area contributed by atoms with E-state index in [-0.39, 0.29) is 24.5 Å². The SMILES string of the molecule is COC(=O)[C@H]1C[C@H]2CCCC[C@@H]2N1CC(=O)NCc1ccc(OC)c(OC)c1. The molecule has 7 nitrogen and oxygen atoms in total. The number of carbonyl (C=O) groups is 2. The summed E-state index contributed by atoms with van der Waals surface area (Å²) in [6.45, 7) is 0.609. The smallest absolute Gasteiger partial charge is 0.323 e. The van der Waals surface area contributed by atoms with Gasteiger partial charge in [-0.2, -0.15) is 0 Å². The van der Waals surface area contributed by atoms with E-state index in [0.29, 0.717) is 30.0 Å². The number of fused-ring (bicyclic) bond motifs is 1. The average molecular weight is 390 g/mol. The van der Waals surface area contributed by atoms with Crippen LogP contribution in [0.5, 0.6) is 11.5 Å². The van der Waals surface area contributed by atoms with E-state index >= 15 is 0 Å². The number of amides is 1. The van der Waals surface area contributed by atoms with E-state index in [2.05, 4.69) is 10.2 Å². The van der Waals surface area contributed by atoms with Crippen molar-refractivity contribution in [2.45, 2.75) is 50.7 Å². The fourth-order valence-electron chi connectivity index (χ4n) is 4.56. The zero-order valence-corrected chi connectivity index (χ0v) is 16.9. The average Bonchev–Trinajstić information content (AvgIpc) is 3.09. The van der Waals surface area contributed by atoms with Crippen molar-refractivity contribution in [3.8, 4) is 11.5 Å². The van der Waals surface area contributed by atoms with Crippen LogP contribution in [-0.4, -0.2) is 56.7 Å². The minimum atomic E-state index is -0.315. The van der Waals surface area contributed by atoms with Gasteiger partial charge < -0.3 is 19.5 Å². The Hall–Kier alpha value is -2.28. The second-order valence-corrected chi connectivity index (χ2v) is 7.52. The highest BCUT2D eigenvalue weighted by molar-refractivity contribution is 5.81. The number of nitrogens with zero attached hydrogens (tertiary/aromatic N) is 1. The van der Waals surface area contributed by atoms with E-state index < -0.39 is 0 Å². The molecule has 2 aliphatic rings. The predicted octanol–water partition coefficient (Wildman–Crippen LogP) is 2.13. The van der Waals surface area contributed by atoms with E-state index in [9.17, 15) is 9.59 Å². The maximum absolute atomic E-state index is 12.6. The van der Waals surface area contributed by atoms with E-state index in [0.717, 1.165) is 31.2 Å². The molecule has 2 fully saturated rings. The molecule has 1 N–H and O–H groups in total. The van der Waals surface area contributed by atoms with Crippen molar-refractivity contribution in [3.05, 3.63) is 23.8 Å². The summed E-state index contributed by atoms with van der Waals surface area (Å²) in [5.74, 6) is 1.44. The Labute approximate surface area is 166 Å². The molecule has 0 radical (unpaired) electrons. The maximum Gasteiger partial charge on any atom is 0.323 e. The van der Waals surface area contributed by atoms with Gasteiger partial charge in [-0.1, -0.05) is 18.9 Å². The van der Waals surface area contributed by atoms with E-state index in [1.54, 1.807) is 14.2 Å². The van der Waals surface area contributed by atoms with Gasteiger partial charge in [-0.15, -0.1) is 0 Å². The third-order valence-electron chi connectivity index (χ3n) is 5.96. The third-order valence-corrected chi connectivity index (χ3v) is 5.96. The number of ether oxygens (including phenoxy) is 3. The monoisotopic (exact) mass is 390 g/mol. The molecule has 154 valence electrons. The molecule has 1 aliphatic carbocycles. The fraction of sp³-hybridized carbons (Fsp3) is 0.619. The minimum absolute atomic E-state index is 0.0880. The molecule has 1 saturated carbocycles. The lowest BCUT2D eigenvalue weighted by Crippen LogP contribution is -2.47. The summed E-state index contributed by atoms with van der Waals surface area (Å²) in [6, 6.07) is 5.55. The summed E-state index contributed by atoms with van der Waals surface area (Å²) in [5, 5.41) is 2.96. The van der Waals surface area contributed by atoms with E-state index in [1.807, 2.05) is 18.2 Å². The van der Waals surface area contributed by atoms with Crippen LogP contribution in [0.4, 0.5) is 0 Å². The number of nitrogens with one attached hydrogen (secondary N) is 1. The van der Waals surface area contributed by atoms with Crippen LogP contribution in [-0.2, 0) is 20.9 Å². The second-order valence-electron chi connectivity index (χ2n) is 7.52. The summed E-state index contributed by atoms with van der Waals surface area (Å²) in [4.78, 5) is 26.9. The number of hydrogen-bond donors (Lipinski definition) is 1. The number of rotatable bonds is 7. The second kappa shape index (κ2) is 9.28. The van der Waals surface area contributed by atoms with E-state index in [4.69, 9.17) is 14.2 Å². The van der Waals surface area contributed by atoms with Gasteiger partial charge in [-0.05, 0) is 42.9 Å². The highest BCUT2D eigenvalue weighted by Crippen LogP contribution is 2.39. The summed E-state index contributed by atoms with van der Waals surface area (Å²) in [5.41, 5.74) is 0.924. The van der Waals surface area contributed by atoms with Crippen molar-refractivity contribution in [1.29, 1.82) is 0 Å². The first-order chi connectivity index (χ1) is 13.6. The van der Waals surface area contributed by atoms with Gasteiger partial charge in [0.2, 0.25) is 5.91 Å². The molecule has 0 spiro atoms. The number of esters is 1. The Morgan fingerprint density at radius 3 is 2.57 bits per heavy atom. The third kappa shape index (κ3) is 4.41. The molecule has 0 aromatic heterocycles. The lowest BCUT2D eigenvalue weighted by atomic mass is 9.85. The van der Waals surface area contributed by atoms with Crippen molar-refractivity contribution in [2.24, 2.45) is 5.92 Å². The van der Waals surface area contributed by atoms with Gasteiger partial charge >= 0.3 is 5.97 Å². The highest BCUT2D eigenvalue weighted by Gasteiger charge is 2.46. The molecule has 1 amide bonds. The molecule has 3 atom stereocenters. The van der Waals surface area contributed by atoms with Crippen LogP contribution >= 0.6 is 0 Å². The lowest BCUT2D eigenvalue weighted by Gasteiger charge is -2.32. The molecule has 1 heterocycles. The quantitative estimate of drug-likeness (QED) is 0.719. The predicted molar refractivity (Wildman–Crippen MR) is 104 cm³/mol. The van der Waals surface area contributed by atoms with Gasteiger partial charge in [0.1, 0.15) is 6.04 Å². The Morgan fingerprint density at radius 2 is 1.86 bits per heavy atom. The van der Waals surface area contributed by atoms with Crippen LogP contribution < -0.4 is 14.8 Å². The Bertz CT molecular complexity index is 708. The zero-order chi connectivity index (χ0) is 20.1. The number of likely N-dealkylation sites (tertiary alicyclic amines) is 1. The summed E-state index contributed by atoms with van der Waals surface area (Å²) < 4.78 is 15.5.